The van der Waals surface area contributed by atoms with Gasteiger partial charge in [0.05, 0.1) is 13.2 Å². The van der Waals surface area contributed by atoms with E-state index in [0.717, 1.165) is 116 Å². The average Bonchev–Trinajstić information content (AvgIpc) is 1.19. The molecule has 9 nitrogen and oxygen atoms in total. The number of phosphoric ester groups is 1. The molecule has 2 atom stereocenters. The van der Waals surface area contributed by atoms with Crippen LogP contribution in [0.15, 0.2) is 134 Å². The molecule has 3 N–H and O–H groups in total. The van der Waals surface area contributed by atoms with Crippen LogP contribution in [-0.2, 0) is 32.7 Å². The first-order chi connectivity index (χ1) is 48.8. The second-order valence-electron chi connectivity index (χ2n) is 27.6. The molecule has 0 aromatic rings. The highest BCUT2D eigenvalue weighted by Crippen LogP contribution is 2.43. The fourth-order valence-electron chi connectivity index (χ4n) is 11.9. The van der Waals surface area contributed by atoms with Crippen molar-refractivity contribution < 1.29 is 37.6 Å². The topological polar surface area (TPSA) is 134 Å². The summed E-state index contributed by atoms with van der Waals surface area (Å²) in [6.45, 7) is 3.66. The van der Waals surface area contributed by atoms with E-state index in [2.05, 4.69) is 148 Å². The first-order valence-corrected chi connectivity index (χ1v) is 43.2. The maximum Gasteiger partial charge on any atom is 0.472 e. The summed E-state index contributed by atoms with van der Waals surface area (Å²) >= 11 is 0. The minimum Gasteiger partial charge on any atom is -0.462 e. The number of allylic oxidation sites excluding steroid dienone is 22. The van der Waals surface area contributed by atoms with E-state index in [-0.39, 0.29) is 38.6 Å². The Hall–Kier alpha value is -3.85. The lowest BCUT2D eigenvalue weighted by molar-refractivity contribution is -0.161. The number of carbonyl (C=O) groups is 2. The van der Waals surface area contributed by atoms with Gasteiger partial charge in [0.25, 0.3) is 0 Å². The van der Waals surface area contributed by atoms with E-state index in [9.17, 15) is 19.0 Å². The zero-order chi connectivity index (χ0) is 71.5. The van der Waals surface area contributed by atoms with Crippen molar-refractivity contribution in [2.75, 3.05) is 26.4 Å². The van der Waals surface area contributed by atoms with E-state index in [1.54, 1.807) is 0 Å². The summed E-state index contributed by atoms with van der Waals surface area (Å²) in [6.07, 6.45) is 119. The Morgan fingerprint density at radius 2 is 0.556 bits per heavy atom. The molecule has 0 radical (unpaired) electrons. The Balaban J connectivity index is 3.86. The molecule has 0 aliphatic rings. The van der Waals surface area contributed by atoms with Crippen LogP contribution in [-0.4, -0.2) is 49.3 Å². The predicted octanol–water partition coefficient (Wildman–Crippen LogP) is 28.3. The summed E-state index contributed by atoms with van der Waals surface area (Å²) < 4.78 is 33.3. The predicted molar refractivity (Wildman–Crippen MR) is 431 cm³/mol. The lowest BCUT2D eigenvalue weighted by Gasteiger charge is -2.19. The van der Waals surface area contributed by atoms with Crippen molar-refractivity contribution in [2.45, 2.75) is 392 Å². The SMILES string of the molecule is CC/C=C\C/C=C\C/C=C\C/C=C\C/C=C\C/C=C\C/C=C\C/C=C\C/C=C\C/C=C\C/C=C\CCCCCCCCCC(=O)OC(COC(=O)CCCCCCCCCCCCCCCCCCCCCCCCCCCCCCCCCCCCCCC)COP(=O)(O)OCCN. The van der Waals surface area contributed by atoms with Crippen LogP contribution < -0.4 is 5.73 Å². The molecule has 0 aromatic carbocycles. The molecule has 0 fully saturated rings. The standard InChI is InChI=1S/C89H156NO8P/c1-3-5-7-9-11-13-15-17-19-21-23-25-27-29-31-33-35-37-39-41-42-43-44-46-48-50-52-54-56-58-60-62-64-66-68-70-72-74-76-78-80-82-89(92)98-87(86-97-99(93,94)96-84-83-90)85-95-88(91)81-79-77-75-73-71-69-67-65-63-61-59-57-55-53-51-49-47-45-40-38-36-34-32-30-28-26-24-22-20-18-16-14-12-10-8-6-4-2/h5,7,11,13,17,19,23,25,29,31,35,37,41-42,44,46,50,52,56,58,62,64,87H,3-4,6,8-10,12,14-16,18,20-22,24,26-28,30,32-34,36,38-40,43,45,47-49,51,53-55,57,59-61,63,65-86,90H2,1-2H3,(H,93,94)/b7-5-,13-11-,19-17-,25-23-,31-29-,37-35-,42-41-,46-44-,52-50-,58-56-,64-62-. The molecule has 2 unspecified atom stereocenters. The molecule has 0 aliphatic heterocycles. The van der Waals surface area contributed by atoms with Crippen LogP contribution in [0.5, 0.6) is 0 Å². The van der Waals surface area contributed by atoms with Gasteiger partial charge < -0.3 is 20.1 Å². The largest absolute Gasteiger partial charge is 0.472 e. The van der Waals surface area contributed by atoms with Gasteiger partial charge in [-0.2, -0.15) is 0 Å². The van der Waals surface area contributed by atoms with Crippen molar-refractivity contribution in [1.29, 1.82) is 0 Å². The Bertz CT molecular complexity index is 2100. The van der Waals surface area contributed by atoms with Crippen LogP contribution in [0, 0.1) is 0 Å². The summed E-state index contributed by atoms with van der Waals surface area (Å²) in [6, 6.07) is 0. The Kier molecular flexibility index (Phi) is 79.9. The Morgan fingerprint density at radius 3 is 0.828 bits per heavy atom. The first kappa shape index (κ1) is 95.2. The molecule has 570 valence electrons. The molecule has 0 bridgehead atoms. The van der Waals surface area contributed by atoms with Gasteiger partial charge in [-0.15, -0.1) is 0 Å². The van der Waals surface area contributed by atoms with Crippen molar-refractivity contribution in [3.63, 3.8) is 0 Å². The fourth-order valence-corrected chi connectivity index (χ4v) is 12.7. The number of ether oxygens (including phenoxy) is 2. The number of phosphoric acid groups is 1. The van der Waals surface area contributed by atoms with Gasteiger partial charge in [-0.25, -0.2) is 4.57 Å². The summed E-state index contributed by atoms with van der Waals surface area (Å²) in [5.74, 6) is -0.832. The third kappa shape index (κ3) is 83.0. The number of hydrogen-bond donors (Lipinski definition) is 2. The molecule has 0 spiro atoms. The monoisotopic (exact) mass is 1400 g/mol. The second kappa shape index (κ2) is 83.1. The number of nitrogens with two attached hydrogens (primary N) is 1. The van der Waals surface area contributed by atoms with Gasteiger partial charge in [0.2, 0.25) is 0 Å². The molecule has 0 amide bonds. The maximum atomic E-state index is 12.8. The van der Waals surface area contributed by atoms with E-state index in [1.807, 2.05) is 0 Å². The van der Waals surface area contributed by atoms with Crippen LogP contribution in [0.4, 0.5) is 0 Å². The van der Waals surface area contributed by atoms with Gasteiger partial charge in [0.15, 0.2) is 6.10 Å². The van der Waals surface area contributed by atoms with Crippen molar-refractivity contribution in [2.24, 2.45) is 5.73 Å². The van der Waals surface area contributed by atoms with Gasteiger partial charge in [-0.1, -0.05) is 411 Å². The Morgan fingerprint density at radius 1 is 0.313 bits per heavy atom. The summed E-state index contributed by atoms with van der Waals surface area (Å²) in [5.41, 5.74) is 5.42. The lowest BCUT2D eigenvalue weighted by Crippen LogP contribution is -2.29. The van der Waals surface area contributed by atoms with Crippen LogP contribution >= 0.6 is 7.82 Å². The highest BCUT2D eigenvalue weighted by Gasteiger charge is 2.26. The van der Waals surface area contributed by atoms with Gasteiger partial charge in [0, 0.05) is 19.4 Å². The summed E-state index contributed by atoms with van der Waals surface area (Å²) in [4.78, 5) is 35.5. The normalized spacial score (nSPS) is 13.5. The molecule has 0 rings (SSSR count). The third-order valence-corrected chi connectivity index (χ3v) is 19.0. The molecule has 0 aromatic heterocycles. The zero-order valence-corrected chi connectivity index (χ0v) is 65.3. The van der Waals surface area contributed by atoms with Crippen molar-refractivity contribution in [3.8, 4) is 0 Å². The third-order valence-electron chi connectivity index (χ3n) is 18.1. The van der Waals surface area contributed by atoms with E-state index in [4.69, 9.17) is 24.3 Å². The number of esters is 2. The average molecular weight is 1400 g/mol. The number of unbranched alkanes of at least 4 members (excludes halogenated alkanes) is 43. The minimum absolute atomic E-state index is 0.0471. The van der Waals surface area contributed by atoms with Gasteiger partial charge >= 0.3 is 19.8 Å². The lowest BCUT2D eigenvalue weighted by atomic mass is 10.0. The highest BCUT2D eigenvalue weighted by molar-refractivity contribution is 7.47. The van der Waals surface area contributed by atoms with E-state index < -0.39 is 26.5 Å². The quantitative estimate of drug-likeness (QED) is 0.0264. The maximum absolute atomic E-state index is 12.8. The van der Waals surface area contributed by atoms with Crippen molar-refractivity contribution >= 4 is 19.8 Å². The van der Waals surface area contributed by atoms with Crippen molar-refractivity contribution in [3.05, 3.63) is 134 Å². The summed E-state index contributed by atoms with van der Waals surface area (Å²) in [5, 5.41) is 0. The number of hydrogen-bond acceptors (Lipinski definition) is 8. The number of carbonyl (C=O) groups excluding carboxylic acids is 2. The fraction of sp³-hybridized carbons (Fsp3) is 0.730. The van der Waals surface area contributed by atoms with Crippen LogP contribution in [0.2, 0.25) is 0 Å². The number of rotatable bonds is 78. The molecular weight excluding hydrogens is 1240 g/mol. The van der Waals surface area contributed by atoms with E-state index in [1.165, 1.54) is 238 Å². The molecule has 0 aliphatic carbocycles. The molecular formula is C89H156NO8P. The molecule has 99 heavy (non-hydrogen) atoms. The van der Waals surface area contributed by atoms with E-state index in [0.29, 0.717) is 6.42 Å². The molecule has 0 saturated heterocycles. The van der Waals surface area contributed by atoms with Crippen LogP contribution in [0.25, 0.3) is 0 Å². The van der Waals surface area contributed by atoms with Crippen LogP contribution in [0.3, 0.4) is 0 Å². The molecule has 10 heteroatoms. The van der Waals surface area contributed by atoms with Crippen molar-refractivity contribution in [1.82, 2.24) is 0 Å². The zero-order valence-electron chi connectivity index (χ0n) is 64.4. The van der Waals surface area contributed by atoms with Gasteiger partial charge in [-0.05, 0) is 96.3 Å². The molecule has 0 heterocycles. The van der Waals surface area contributed by atoms with Crippen LogP contribution in [0.1, 0.15) is 386 Å². The minimum atomic E-state index is -4.41. The highest BCUT2D eigenvalue weighted by atomic mass is 31.2. The van der Waals surface area contributed by atoms with Gasteiger partial charge in [0.1, 0.15) is 6.61 Å². The molecule has 0 saturated carbocycles. The summed E-state index contributed by atoms with van der Waals surface area (Å²) in [7, 11) is -4.41. The first-order valence-electron chi connectivity index (χ1n) is 41.7. The second-order valence-corrected chi connectivity index (χ2v) is 29.1. The van der Waals surface area contributed by atoms with E-state index >= 15 is 0 Å². The Labute approximate surface area is 612 Å². The van der Waals surface area contributed by atoms with Gasteiger partial charge in [-0.3, -0.25) is 18.6 Å². The smallest absolute Gasteiger partial charge is 0.462 e.